The number of aromatic nitrogens is 2. The highest BCUT2D eigenvalue weighted by molar-refractivity contribution is 7.99. The molecule has 206 valence electrons. The number of nitrogens with one attached hydrogen (secondary N) is 1. The van der Waals surface area contributed by atoms with Crippen LogP contribution < -0.4 is 15.0 Å². The first-order chi connectivity index (χ1) is 18.8. The molecule has 10 heteroatoms. The molecule has 2 amide bonds. The topological polar surface area (TPSA) is 87.7 Å². The van der Waals surface area contributed by atoms with E-state index in [9.17, 15) is 9.59 Å². The van der Waals surface area contributed by atoms with Crippen molar-refractivity contribution in [2.45, 2.75) is 43.9 Å². The van der Waals surface area contributed by atoms with Gasteiger partial charge in [-0.3, -0.25) is 9.59 Å². The maximum absolute atomic E-state index is 13.1. The summed E-state index contributed by atoms with van der Waals surface area (Å²) >= 11 is 7.59. The Labute approximate surface area is 239 Å². The van der Waals surface area contributed by atoms with E-state index in [1.54, 1.807) is 25.3 Å². The molecular formula is C29H34ClN5O3S. The molecule has 8 nitrogen and oxygen atoms in total. The Morgan fingerprint density at radius 2 is 1.92 bits per heavy atom. The van der Waals surface area contributed by atoms with Crippen LogP contribution in [-0.2, 0) is 11.2 Å². The Balaban J connectivity index is 1.30. The quantitative estimate of drug-likeness (QED) is 0.215. The summed E-state index contributed by atoms with van der Waals surface area (Å²) in [6.45, 7) is 5.79. The minimum atomic E-state index is -0.0658. The van der Waals surface area contributed by atoms with Crippen LogP contribution in [0.25, 0.3) is 0 Å². The summed E-state index contributed by atoms with van der Waals surface area (Å²) < 4.78 is 5.26. The molecule has 2 heterocycles. The second-order valence-corrected chi connectivity index (χ2v) is 11.0. The van der Waals surface area contributed by atoms with Crippen LogP contribution in [0.5, 0.6) is 5.75 Å². The van der Waals surface area contributed by atoms with E-state index >= 15 is 0 Å². The van der Waals surface area contributed by atoms with E-state index in [1.807, 2.05) is 49.1 Å². The molecule has 0 saturated carbocycles. The third kappa shape index (κ3) is 8.10. The molecule has 0 bridgehead atoms. The molecule has 0 radical (unpaired) electrons. The third-order valence-corrected chi connectivity index (χ3v) is 7.68. The Bertz CT molecular complexity index is 1280. The number of thioether (sulfide) groups is 1. The normalized spacial score (nSPS) is 16.1. The van der Waals surface area contributed by atoms with Gasteiger partial charge in [-0.25, -0.2) is 9.97 Å². The predicted octanol–water partition coefficient (Wildman–Crippen LogP) is 4.72. The predicted molar refractivity (Wildman–Crippen MR) is 156 cm³/mol. The summed E-state index contributed by atoms with van der Waals surface area (Å²) in [5.41, 5.74) is 1.86. The lowest BCUT2D eigenvalue weighted by molar-refractivity contribution is -0.119. The van der Waals surface area contributed by atoms with Crippen molar-refractivity contribution in [3.05, 3.63) is 76.9 Å². The first-order valence-corrected chi connectivity index (χ1v) is 14.4. The van der Waals surface area contributed by atoms with Crippen molar-refractivity contribution in [3.8, 4) is 5.75 Å². The number of aryl methyl sites for hydroxylation is 1. The van der Waals surface area contributed by atoms with Gasteiger partial charge in [-0.15, -0.1) is 0 Å². The number of ether oxygens (including phenoxy) is 1. The Kier molecular flexibility index (Phi) is 10.1. The minimum absolute atomic E-state index is 0.0259. The first kappa shape index (κ1) is 28.7. The van der Waals surface area contributed by atoms with Crippen molar-refractivity contribution in [1.29, 1.82) is 0 Å². The highest BCUT2D eigenvalue weighted by Gasteiger charge is 2.29. The van der Waals surface area contributed by atoms with Crippen molar-refractivity contribution < 1.29 is 14.3 Å². The van der Waals surface area contributed by atoms with Crippen LogP contribution in [0.1, 0.15) is 36.2 Å². The molecular weight excluding hydrogens is 534 g/mol. The van der Waals surface area contributed by atoms with E-state index in [-0.39, 0.29) is 29.7 Å². The number of rotatable bonds is 10. The van der Waals surface area contributed by atoms with Crippen LogP contribution in [0.2, 0.25) is 5.15 Å². The average Bonchev–Trinajstić information content (AvgIpc) is 2.95. The lowest BCUT2D eigenvalue weighted by atomic mass is 10.1. The monoisotopic (exact) mass is 567 g/mol. The number of amides is 2. The van der Waals surface area contributed by atoms with E-state index < -0.39 is 0 Å². The van der Waals surface area contributed by atoms with Crippen molar-refractivity contribution in [3.63, 3.8) is 0 Å². The van der Waals surface area contributed by atoms with Gasteiger partial charge in [0.15, 0.2) is 5.16 Å². The van der Waals surface area contributed by atoms with Crippen LogP contribution in [0.3, 0.4) is 0 Å². The fourth-order valence-electron chi connectivity index (χ4n) is 4.55. The molecule has 2 atom stereocenters. The maximum Gasteiger partial charge on any atom is 0.254 e. The number of methoxy groups -OCH3 is 1. The van der Waals surface area contributed by atoms with Crippen molar-refractivity contribution in [2.24, 2.45) is 0 Å². The molecule has 2 aromatic carbocycles. The fourth-order valence-corrected chi connectivity index (χ4v) is 5.44. The van der Waals surface area contributed by atoms with Gasteiger partial charge in [0.25, 0.3) is 5.91 Å². The second kappa shape index (κ2) is 13.7. The smallest absolute Gasteiger partial charge is 0.254 e. The number of hydrogen-bond acceptors (Lipinski definition) is 7. The van der Waals surface area contributed by atoms with Crippen LogP contribution in [0.4, 0.5) is 5.82 Å². The van der Waals surface area contributed by atoms with Crippen molar-refractivity contribution in [2.75, 3.05) is 37.4 Å². The molecule has 2 unspecified atom stereocenters. The van der Waals surface area contributed by atoms with Crippen LogP contribution in [-0.4, -0.2) is 71.3 Å². The molecule has 3 aromatic rings. The van der Waals surface area contributed by atoms with Crippen LogP contribution in [0, 0.1) is 0 Å². The number of benzene rings is 2. The summed E-state index contributed by atoms with van der Waals surface area (Å²) in [6.07, 6.45) is 1.77. The second-order valence-electron chi connectivity index (χ2n) is 9.64. The van der Waals surface area contributed by atoms with Gasteiger partial charge in [-0.1, -0.05) is 59.8 Å². The molecule has 1 aliphatic rings. The van der Waals surface area contributed by atoms with Crippen molar-refractivity contribution >= 4 is 41.0 Å². The number of piperazine rings is 1. The van der Waals surface area contributed by atoms with Gasteiger partial charge >= 0.3 is 0 Å². The lowest BCUT2D eigenvalue weighted by Gasteiger charge is -2.40. The fraction of sp³-hybridized carbons (Fsp3) is 0.379. The molecule has 1 aromatic heterocycles. The van der Waals surface area contributed by atoms with E-state index in [4.69, 9.17) is 16.3 Å². The Hall–Kier alpha value is -3.30. The molecule has 1 aliphatic heterocycles. The van der Waals surface area contributed by atoms with Crippen molar-refractivity contribution in [1.82, 2.24) is 20.2 Å². The number of carbonyl (C=O) groups is 2. The van der Waals surface area contributed by atoms with E-state index in [0.717, 1.165) is 12.8 Å². The molecule has 1 fully saturated rings. The summed E-state index contributed by atoms with van der Waals surface area (Å²) in [7, 11) is 1.59. The van der Waals surface area contributed by atoms with Gasteiger partial charge in [0.05, 0.1) is 12.9 Å². The summed E-state index contributed by atoms with van der Waals surface area (Å²) in [5, 5.41) is 3.82. The summed E-state index contributed by atoms with van der Waals surface area (Å²) in [5.74, 6) is 1.46. The highest BCUT2D eigenvalue weighted by Crippen LogP contribution is 2.25. The van der Waals surface area contributed by atoms with E-state index in [1.165, 1.54) is 17.3 Å². The molecule has 1 saturated heterocycles. The SMILES string of the molecule is COc1cccc(C(=O)N2CCN(c3cc(Cl)nc(SCC(=O)NC(C)CCc4ccccc4)n3)CC2C)c1. The number of hydrogen-bond donors (Lipinski definition) is 1. The van der Waals surface area contributed by atoms with Crippen LogP contribution >= 0.6 is 23.4 Å². The zero-order valence-electron chi connectivity index (χ0n) is 22.5. The number of carbonyl (C=O) groups excluding carboxylic acids is 2. The van der Waals surface area contributed by atoms with E-state index in [2.05, 4.69) is 32.3 Å². The number of anilines is 1. The van der Waals surface area contributed by atoms with Crippen LogP contribution in [0.15, 0.2) is 65.8 Å². The zero-order valence-corrected chi connectivity index (χ0v) is 24.0. The maximum atomic E-state index is 13.1. The third-order valence-electron chi connectivity index (χ3n) is 6.64. The molecule has 4 rings (SSSR count). The van der Waals surface area contributed by atoms with Gasteiger partial charge in [-0.2, -0.15) is 0 Å². The average molecular weight is 568 g/mol. The van der Waals surface area contributed by atoms with Gasteiger partial charge in [0.1, 0.15) is 16.7 Å². The largest absolute Gasteiger partial charge is 0.497 e. The van der Waals surface area contributed by atoms with E-state index in [0.29, 0.717) is 47.1 Å². The Morgan fingerprint density at radius 3 is 2.67 bits per heavy atom. The lowest BCUT2D eigenvalue weighted by Crippen LogP contribution is -2.54. The molecule has 0 spiro atoms. The molecule has 0 aliphatic carbocycles. The van der Waals surface area contributed by atoms with Gasteiger partial charge in [0.2, 0.25) is 5.91 Å². The Morgan fingerprint density at radius 1 is 1.13 bits per heavy atom. The summed E-state index contributed by atoms with van der Waals surface area (Å²) in [6, 6.07) is 19.2. The van der Waals surface area contributed by atoms with Gasteiger partial charge < -0.3 is 19.9 Å². The molecule has 1 N–H and O–H groups in total. The standard InChI is InChI=1S/C29H34ClN5O3S/c1-20(12-13-22-8-5-4-6-9-22)31-27(36)19-39-29-32-25(30)17-26(33-29)34-14-15-35(21(2)18-34)28(37)23-10-7-11-24(16-23)38-3/h4-11,16-17,20-21H,12-15,18-19H2,1-3H3,(H,31,36). The minimum Gasteiger partial charge on any atom is -0.497 e. The first-order valence-electron chi connectivity index (χ1n) is 13.0. The summed E-state index contributed by atoms with van der Waals surface area (Å²) in [4.78, 5) is 38.6. The number of nitrogens with zero attached hydrogens (tertiary/aromatic N) is 4. The molecule has 39 heavy (non-hydrogen) atoms. The number of halogens is 1. The zero-order chi connectivity index (χ0) is 27.8. The highest BCUT2D eigenvalue weighted by atomic mass is 35.5. The van der Waals surface area contributed by atoms with Gasteiger partial charge in [0, 0.05) is 43.3 Å². The van der Waals surface area contributed by atoms with Gasteiger partial charge in [-0.05, 0) is 50.5 Å².